The molecule has 0 atom stereocenters. The minimum atomic E-state index is 0.0315. The van der Waals surface area contributed by atoms with Crippen LogP contribution in [0.15, 0.2) is 0 Å². The monoisotopic (exact) mass is 153 g/mol. The molecule has 0 spiro atoms. The summed E-state index contributed by atoms with van der Waals surface area (Å²) in [6, 6.07) is 0. The van der Waals surface area contributed by atoms with Gasteiger partial charge in [-0.15, -0.1) is 0 Å². The van der Waals surface area contributed by atoms with Gasteiger partial charge in [-0.3, -0.25) is 4.79 Å². The summed E-state index contributed by atoms with van der Waals surface area (Å²) in [4.78, 5) is 14.3. The van der Waals surface area contributed by atoms with E-state index < -0.39 is 0 Å². The molecule has 0 aliphatic carbocycles. The molecule has 4 heteroatoms. The molecule has 0 N–H and O–H groups in total. The van der Waals surface area contributed by atoms with Crippen molar-refractivity contribution >= 4 is 5.91 Å². The Labute approximate surface area is 66.0 Å². The summed E-state index contributed by atoms with van der Waals surface area (Å²) in [5.74, 6) is 0.0315. The Hall–Kier alpha value is -1.24. The number of amides is 1. The summed E-state index contributed by atoms with van der Waals surface area (Å²) in [5, 5.41) is 8.53. The van der Waals surface area contributed by atoms with Crippen LogP contribution >= 0.6 is 0 Å². The lowest BCUT2D eigenvalue weighted by molar-refractivity contribution is -0.129. The van der Waals surface area contributed by atoms with Crippen molar-refractivity contribution in [3.8, 4) is 6.19 Å². The van der Waals surface area contributed by atoms with E-state index in [1.54, 1.807) is 11.9 Å². The van der Waals surface area contributed by atoms with Crippen LogP contribution in [-0.4, -0.2) is 42.4 Å². The molecule has 11 heavy (non-hydrogen) atoms. The Morgan fingerprint density at radius 2 is 2.27 bits per heavy atom. The lowest BCUT2D eigenvalue weighted by atomic mass is 10.4. The molecule has 1 rings (SSSR count). The van der Waals surface area contributed by atoms with Crippen LogP contribution in [0.4, 0.5) is 0 Å². The maximum Gasteiger partial charge on any atom is 0.242 e. The van der Waals surface area contributed by atoms with Crippen molar-refractivity contribution in [1.82, 2.24) is 9.80 Å². The fourth-order valence-electron chi connectivity index (χ4n) is 1.07. The predicted octanol–water partition coefficient (Wildman–Crippen LogP) is -0.368. The number of carbonyl (C=O) groups excluding carboxylic acids is 1. The Morgan fingerprint density at radius 3 is 2.91 bits per heavy atom. The topological polar surface area (TPSA) is 47.3 Å². The number of nitriles is 1. The van der Waals surface area contributed by atoms with Gasteiger partial charge in [-0.1, -0.05) is 0 Å². The zero-order valence-electron chi connectivity index (χ0n) is 6.58. The summed E-state index contributed by atoms with van der Waals surface area (Å²) in [5.41, 5.74) is 0. The minimum Gasteiger partial charge on any atom is -0.344 e. The maximum atomic E-state index is 11.1. The average Bonchev–Trinajstić information content (AvgIpc) is 2.15. The van der Waals surface area contributed by atoms with Crippen molar-refractivity contribution in [3.05, 3.63) is 0 Å². The first kappa shape index (κ1) is 7.86. The van der Waals surface area contributed by atoms with Gasteiger partial charge in [-0.25, -0.2) is 0 Å². The molecule has 0 bridgehead atoms. The van der Waals surface area contributed by atoms with Crippen molar-refractivity contribution in [3.63, 3.8) is 0 Å². The largest absolute Gasteiger partial charge is 0.344 e. The quantitative estimate of drug-likeness (QED) is 0.446. The highest BCUT2D eigenvalue weighted by Crippen LogP contribution is 1.99. The van der Waals surface area contributed by atoms with Crippen molar-refractivity contribution in [2.24, 2.45) is 0 Å². The molecule has 1 aliphatic heterocycles. The molecule has 1 aliphatic rings. The van der Waals surface area contributed by atoms with Gasteiger partial charge in [-0.2, -0.15) is 5.26 Å². The Bertz CT molecular complexity index is 196. The zero-order chi connectivity index (χ0) is 8.27. The Balaban J connectivity index is 2.57. The smallest absolute Gasteiger partial charge is 0.242 e. The second-order valence-corrected chi connectivity index (χ2v) is 2.69. The molecule has 0 saturated carbocycles. The predicted molar refractivity (Wildman–Crippen MR) is 39.4 cm³/mol. The van der Waals surface area contributed by atoms with Crippen LogP contribution in [0.5, 0.6) is 0 Å². The fourth-order valence-corrected chi connectivity index (χ4v) is 1.07. The third-order valence-corrected chi connectivity index (χ3v) is 1.81. The standard InChI is InChI=1S/C7H11N3O/c1-9-3-2-4-10(6-8)5-7(9)11/h2-5H2,1H3. The number of carbonyl (C=O) groups is 1. The molecule has 1 fully saturated rings. The van der Waals surface area contributed by atoms with Crippen molar-refractivity contribution < 1.29 is 4.79 Å². The van der Waals surface area contributed by atoms with E-state index >= 15 is 0 Å². The van der Waals surface area contributed by atoms with Crippen LogP contribution in [0.3, 0.4) is 0 Å². The highest BCUT2D eigenvalue weighted by molar-refractivity contribution is 5.78. The first-order valence-corrected chi connectivity index (χ1v) is 3.62. The summed E-state index contributed by atoms with van der Waals surface area (Å²) in [6.45, 7) is 1.70. The highest BCUT2D eigenvalue weighted by Gasteiger charge is 2.16. The van der Waals surface area contributed by atoms with Gasteiger partial charge in [-0.05, 0) is 6.42 Å². The average molecular weight is 153 g/mol. The molecule has 0 unspecified atom stereocenters. The Kier molecular flexibility index (Phi) is 2.32. The highest BCUT2D eigenvalue weighted by atomic mass is 16.2. The number of nitrogens with zero attached hydrogens (tertiary/aromatic N) is 3. The van der Waals surface area contributed by atoms with Crippen LogP contribution in [0.25, 0.3) is 0 Å². The molecule has 0 aromatic heterocycles. The summed E-state index contributed by atoms with van der Waals surface area (Å²) in [7, 11) is 1.77. The SMILES string of the molecule is CN1CCCN(C#N)CC1=O. The molecule has 60 valence electrons. The van der Waals surface area contributed by atoms with Crippen molar-refractivity contribution in [2.45, 2.75) is 6.42 Å². The molecule has 1 heterocycles. The van der Waals surface area contributed by atoms with Crippen molar-refractivity contribution in [1.29, 1.82) is 5.26 Å². The van der Waals surface area contributed by atoms with Crippen LogP contribution in [-0.2, 0) is 4.79 Å². The van der Waals surface area contributed by atoms with Gasteiger partial charge in [0.25, 0.3) is 0 Å². The van der Waals surface area contributed by atoms with E-state index in [4.69, 9.17) is 5.26 Å². The van der Waals surface area contributed by atoms with Crippen LogP contribution < -0.4 is 0 Å². The van der Waals surface area contributed by atoms with E-state index in [2.05, 4.69) is 0 Å². The third-order valence-electron chi connectivity index (χ3n) is 1.81. The second-order valence-electron chi connectivity index (χ2n) is 2.69. The van der Waals surface area contributed by atoms with E-state index in [0.29, 0.717) is 6.54 Å². The number of hydrogen-bond acceptors (Lipinski definition) is 3. The van der Waals surface area contributed by atoms with Gasteiger partial charge < -0.3 is 9.80 Å². The van der Waals surface area contributed by atoms with E-state index in [0.717, 1.165) is 13.0 Å². The number of rotatable bonds is 0. The lowest BCUT2D eigenvalue weighted by Crippen LogP contribution is -2.32. The van der Waals surface area contributed by atoms with E-state index in [1.807, 2.05) is 6.19 Å². The molecule has 4 nitrogen and oxygen atoms in total. The van der Waals surface area contributed by atoms with Gasteiger partial charge in [0.2, 0.25) is 5.91 Å². The van der Waals surface area contributed by atoms with Gasteiger partial charge in [0.15, 0.2) is 6.19 Å². The van der Waals surface area contributed by atoms with Gasteiger partial charge in [0, 0.05) is 20.1 Å². The first-order chi connectivity index (χ1) is 5.24. The minimum absolute atomic E-state index is 0.0315. The fraction of sp³-hybridized carbons (Fsp3) is 0.714. The second kappa shape index (κ2) is 3.24. The van der Waals surface area contributed by atoms with Gasteiger partial charge in [0.1, 0.15) is 6.54 Å². The van der Waals surface area contributed by atoms with Crippen LogP contribution in [0.1, 0.15) is 6.42 Å². The molecule has 0 aromatic rings. The summed E-state index contributed by atoms with van der Waals surface area (Å²) in [6.07, 6.45) is 2.87. The van der Waals surface area contributed by atoms with E-state index in [9.17, 15) is 4.79 Å². The summed E-state index contributed by atoms with van der Waals surface area (Å²) < 4.78 is 0. The molecule has 0 aromatic carbocycles. The number of likely N-dealkylation sites (N-methyl/N-ethyl adjacent to an activating group) is 1. The molecule has 0 radical (unpaired) electrons. The first-order valence-electron chi connectivity index (χ1n) is 3.62. The van der Waals surface area contributed by atoms with Crippen LogP contribution in [0, 0.1) is 11.5 Å². The Morgan fingerprint density at radius 1 is 1.55 bits per heavy atom. The summed E-state index contributed by atoms with van der Waals surface area (Å²) >= 11 is 0. The van der Waals surface area contributed by atoms with Gasteiger partial charge >= 0.3 is 0 Å². The zero-order valence-corrected chi connectivity index (χ0v) is 6.58. The maximum absolute atomic E-state index is 11.1. The molecular formula is C7H11N3O. The molecular weight excluding hydrogens is 142 g/mol. The normalized spacial score (nSPS) is 19.5. The van der Waals surface area contributed by atoms with E-state index in [1.165, 1.54) is 4.90 Å². The van der Waals surface area contributed by atoms with Crippen molar-refractivity contribution in [2.75, 3.05) is 26.7 Å². The number of hydrogen-bond donors (Lipinski definition) is 0. The third kappa shape index (κ3) is 1.84. The van der Waals surface area contributed by atoms with Gasteiger partial charge in [0.05, 0.1) is 0 Å². The van der Waals surface area contributed by atoms with Crippen LogP contribution in [0.2, 0.25) is 0 Å². The lowest BCUT2D eigenvalue weighted by Gasteiger charge is -2.12. The molecule has 1 amide bonds. The molecule has 1 saturated heterocycles. The van der Waals surface area contributed by atoms with E-state index in [-0.39, 0.29) is 12.5 Å².